The van der Waals surface area contributed by atoms with E-state index in [2.05, 4.69) is 15.5 Å². The maximum absolute atomic E-state index is 13.5. The summed E-state index contributed by atoms with van der Waals surface area (Å²) >= 11 is 0. The summed E-state index contributed by atoms with van der Waals surface area (Å²) in [6, 6.07) is 9.25. The van der Waals surface area contributed by atoms with Gasteiger partial charge < -0.3 is 20.4 Å². The molecule has 148 valence electrons. The number of nitrogens with zero attached hydrogens (tertiary/aromatic N) is 3. The molecule has 2 unspecified atom stereocenters. The Morgan fingerprint density at radius 1 is 1.21 bits per heavy atom. The first-order chi connectivity index (χ1) is 13.5. The van der Waals surface area contributed by atoms with Crippen molar-refractivity contribution in [3.8, 4) is 6.07 Å². The summed E-state index contributed by atoms with van der Waals surface area (Å²) in [4.78, 5) is 27.6. The van der Waals surface area contributed by atoms with Crippen molar-refractivity contribution in [3.63, 3.8) is 0 Å². The van der Waals surface area contributed by atoms with Crippen molar-refractivity contribution < 1.29 is 14.0 Å². The van der Waals surface area contributed by atoms with Gasteiger partial charge in [-0.1, -0.05) is 0 Å². The van der Waals surface area contributed by atoms with Gasteiger partial charge in [-0.05, 0) is 36.1 Å². The first-order valence-electron chi connectivity index (χ1n) is 9.65. The van der Waals surface area contributed by atoms with Crippen LogP contribution in [0.2, 0.25) is 0 Å². The van der Waals surface area contributed by atoms with Gasteiger partial charge in [-0.25, -0.2) is 4.39 Å². The number of carbonyl (C=O) groups excluding carboxylic acids is 2. The highest BCUT2D eigenvalue weighted by atomic mass is 19.1. The van der Waals surface area contributed by atoms with Crippen LogP contribution in [-0.4, -0.2) is 68.2 Å². The second-order valence-corrected chi connectivity index (χ2v) is 7.79. The van der Waals surface area contributed by atoms with Gasteiger partial charge in [0, 0.05) is 43.9 Å². The van der Waals surface area contributed by atoms with Gasteiger partial charge in [-0.3, -0.25) is 9.59 Å². The average Bonchev–Trinajstić information content (AvgIpc) is 3.04. The fourth-order valence-corrected chi connectivity index (χ4v) is 4.50. The lowest BCUT2D eigenvalue weighted by Crippen LogP contribution is -2.42. The quantitative estimate of drug-likeness (QED) is 0.772. The highest BCUT2D eigenvalue weighted by molar-refractivity contribution is 5.94. The van der Waals surface area contributed by atoms with E-state index in [1.807, 2.05) is 30.3 Å². The summed E-state index contributed by atoms with van der Waals surface area (Å²) in [7, 11) is 1.61. The Morgan fingerprint density at radius 3 is 2.50 bits per heavy atom. The topological polar surface area (TPSA) is 88.5 Å². The average molecular weight is 385 g/mol. The second kappa shape index (κ2) is 7.40. The number of carbonyl (C=O) groups is 2. The van der Waals surface area contributed by atoms with E-state index in [9.17, 15) is 14.0 Å². The van der Waals surface area contributed by atoms with Crippen LogP contribution in [0.25, 0.3) is 0 Å². The first kappa shape index (κ1) is 18.7. The molecule has 28 heavy (non-hydrogen) atoms. The highest BCUT2D eigenvalue weighted by Crippen LogP contribution is 2.46. The van der Waals surface area contributed by atoms with Crippen LogP contribution in [0, 0.1) is 23.2 Å². The molecule has 4 atom stereocenters. The van der Waals surface area contributed by atoms with Gasteiger partial charge in [0.2, 0.25) is 5.91 Å². The summed E-state index contributed by atoms with van der Waals surface area (Å²) < 4.78 is 13.5. The monoisotopic (exact) mass is 385 g/mol. The van der Waals surface area contributed by atoms with Crippen LogP contribution in [0.5, 0.6) is 0 Å². The zero-order valence-electron chi connectivity index (χ0n) is 15.8. The van der Waals surface area contributed by atoms with Crippen molar-refractivity contribution in [1.82, 2.24) is 15.5 Å². The maximum Gasteiger partial charge on any atom is 0.251 e. The zero-order chi connectivity index (χ0) is 19.8. The zero-order valence-corrected chi connectivity index (χ0v) is 15.8. The summed E-state index contributed by atoms with van der Waals surface area (Å²) in [5, 5.41) is 15.0. The van der Waals surface area contributed by atoms with E-state index in [1.54, 1.807) is 7.05 Å². The molecule has 1 aliphatic carbocycles. The van der Waals surface area contributed by atoms with Crippen molar-refractivity contribution in [3.05, 3.63) is 29.8 Å². The summed E-state index contributed by atoms with van der Waals surface area (Å²) in [6.07, 6.45) is -0.984. The Kier molecular flexibility index (Phi) is 4.94. The number of benzene rings is 1. The largest absolute Gasteiger partial charge is 0.371 e. The van der Waals surface area contributed by atoms with Gasteiger partial charge in [-0.2, -0.15) is 5.26 Å². The lowest BCUT2D eigenvalue weighted by Gasteiger charge is -2.23. The molecule has 2 saturated heterocycles. The minimum Gasteiger partial charge on any atom is -0.371 e. The Balaban J connectivity index is 1.25. The summed E-state index contributed by atoms with van der Waals surface area (Å²) in [6.45, 7) is 2.00. The highest BCUT2D eigenvalue weighted by Gasteiger charge is 2.55. The van der Waals surface area contributed by atoms with E-state index >= 15 is 0 Å². The Labute approximate surface area is 163 Å². The molecule has 2 N–H and O–H groups in total. The number of hydrogen-bond donors (Lipinski definition) is 2. The van der Waals surface area contributed by atoms with Crippen LogP contribution < -0.4 is 15.5 Å². The van der Waals surface area contributed by atoms with E-state index in [-0.39, 0.29) is 31.3 Å². The number of piperidine rings is 1. The molecule has 0 radical (unpaired) electrons. The van der Waals surface area contributed by atoms with Gasteiger partial charge in [0.05, 0.1) is 19.2 Å². The maximum atomic E-state index is 13.5. The third-order valence-corrected chi connectivity index (χ3v) is 6.12. The molecular formula is C20H24FN5O2. The van der Waals surface area contributed by atoms with E-state index in [0.29, 0.717) is 23.4 Å². The van der Waals surface area contributed by atoms with Gasteiger partial charge in [0.15, 0.2) is 0 Å². The number of halogens is 1. The standard InChI is InChI=1S/C20H24FN5O2/c1-23-20(28)12-2-4-14(5-3-12)25-10-16-17(11-25)19(16)24-8-18(27)26-9-13(21)6-15(26)7-22/h2-5,13,15-17,19,24H,6,8-11H2,1H3,(H,23,28)/t13-,15-,16?,17?,19?/m0/s1. The lowest BCUT2D eigenvalue weighted by molar-refractivity contribution is -0.130. The van der Waals surface area contributed by atoms with Crippen LogP contribution in [0.15, 0.2) is 24.3 Å². The molecule has 2 heterocycles. The van der Waals surface area contributed by atoms with E-state index in [0.717, 1.165) is 18.8 Å². The smallest absolute Gasteiger partial charge is 0.251 e. The Morgan fingerprint density at radius 2 is 1.89 bits per heavy atom. The number of alkyl halides is 1. The second-order valence-electron chi connectivity index (χ2n) is 7.79. The predicted molar refractivity (Wildman–Crippen MR) is 101 cm³/mol. The third-order valence-electron chi connectivity index (χ3n) is 6.12. The van der Waals surface area contributed by atoms with Gasteiger partial charge in [0.25, 0.3) is 5.91 Å². The molecule has 3 fully saturated rings. The number of fused-ring (bicyclic) bond motifs is 1. The van der Waals surface area contributed by atoms with Gasteiger partial charge in [0.1, 0.15) is 12.2 Å². The number of likely N-dealkylation sites (tertiary alicyclic amines) is 1. The number of rotatable bonds is 5. The number of nitrogens with one attached hydrogen (secondary N) is 2. The van der Waals surface area contributed by atoms with Crippen molar-refractivity contribution in [2.24, 2.45) is 11.8 Å². The fraction of sp³-hybridized carbons (Fsp3) is 0.550. The number of nitriles is 1. The molecule has 8 heteroatoms. The van der Waals surface area contributed by atoms with E-state index in [4.69, 9.17) is 5.26 Å². The predicted octanol–water partition coefficient (Wildman–Crippen LogP) is 0.533. The van der Waals surface area contributed by atoms with Gasteiger partial charge in [-0.15, -0.1) is 0 Å². The van der Waals surface area contributed by atoms with Crippen molar-refractivity contribution >= 4 is 17.5 Å². The van der Waals surface area contributed by atoms with Crippen LogP contribution >= 0.6 is 0 Å². The van der Waals surface area contributed by atoms with Crippen LogP contribution in [-0.2, 0) is 4.79 Å². The Bertz CT molecular complexity index is 796. The Hall–Kier alpha value is -2.66. The van der Waals surface area contributed by atoms with Crippen molar-refractivity contribution in [2.75, 3.05) is 38.1 Å². The van der Waals surface area contributed by atoms with Crippen LogP contribution in [0.1, 0.15) is 16.8 Å². The molecule has 1 saturated carbocycles. The first-order valence-corrected chi connectivity index (χ1v) is 9.65. The van der Waals surface area contributed by atoms with E-state index < -0.39 is 12.2 Å². The van der Waals surface area contributed by atoms with Crippen LogP contribution in [0.3, 0.4) is 0 Å². The molecule has 3 aliphatic rings. The number of hydrogen-bond acceptors (Lipinski definition) is 5. The number of amides is 2. The van der Waals surface area contributed by atoms with Crippen molar-refractivity contribution in [1.29, 1.82) is 5.26 Å². The SMILES string of the molecule is CNC(=O)c1ccc(N2CC3C(C2)C3NCC(=O)N2C[C@@H](F)C[C@H]2C#N)cc1. The molecule has 1 aromatic carbocycles. The molecule has 0 aromatic heterocycles. The molecule has 2 aliphatic heterocycles. The van der Waals surface area contributed by atoms with Crippen LogP contribution in [0.4, 0.5) is 10.1 Å². The number of anilines is 1. The minimum atomic E-state index is -1.10. The lowest BCUT2D eigenvalue weighted by atomic mass is 10.2. The molecule has 4 rings (SSSR count). The minimum absolute atomic E-state index is 0.0239. The molecule has 0 spiro atoms. The molecule has 1 aromatic rings. The van der Waals surface area contributed by atoms with Gasteiger partial charge >= 0.3 is 0 Å². The third kappa shape index (κ3) is 3.42. The van der Waals surface area contributed by atoms with Crippen molar-refractivity contribution in [2.45, 2.75) is 24.7 Å². The normalized spacial score (nSPS) is 30.7. The fourth-order valence-electron chi connectivity index (χ4n) is 4.50. The summed E-state index contributed by atoms with van der Waals surface area (Å²) in [5.74, 6) is 0.690. The molecule has 7 nitrogen and oxygen atoms in total. The van der Waals surface area contributed by atoms with E-state index in [1.165, 1.54) is 4.90 Å². The summed E-state index contributed by atoms with van der Waals surface area (Å²) in [5.41, 5.74) is 1.74. The molecular weight excluding hydrogens is 361 g/mol. The molecule has 2 amide bonds. The molecule has 0 bridgehead atoms.